The Kier molecular flexibility index (Phi) is 1.87. The number of nitrogens with one attached hydrogen (secondary N) is 1. The summed E-state index contributed by atoms with van der Waals surface area (Å²) in [6.07, 6.45) is 1.53. The Bertz CT molecular complexity index is 204. The molecule has 4 heteroatoms. The van der Waals surface area contributed by atoms with Gasteiger partial charge in [-0.3, -0.25) is 10.7 Å². The summed E-state index contributed by atoms with van der Waals surface area (Å²) in [5.41, 5.74) is 1.85. The molecule has 0 bridgehead atoms. The number of aromatic nitrogens is 1. The van der Waals surface area contributed by atoms with E-state index in [4.69, 9.17) is 16.8 Å². The lowest BCUT2D eigenvalue weighted by atomic mass is 10.5. The third-order valence-corrected chi connectivity index (χ3v) is 1.17. The van der Waals surface area contributed by atoms with E-state index in [2.05, 4.69) is 4.98 Å². The molecule has 1 aromatic heterocycles. The zero-order chi connectivity index (χ0) is 6.69. The quantitative estimate of drug-likeness (QED) is 0.588. The van der Waals surface area contributed by atoms with Gasteiger partial charge in [-0.1, -0.05) is 11.6 Å². The van der Waals surface area contributed by atoms with E-state index in [-0.39, 0.29) is 5.82 Å². The molecule has 0 aliphatic rings. The molecule has 0 fully saturated rings. The van der Waals surface area contributed by atoms with E-state index in [0.717, 1.165) is 0 Å². The zero-order valence-corrected chi connectivity index (χ0v) is 5.26. The van der Waals surface area contributed by atoms with Crippen molar-refractivity contribution in [1.29, 1.82) is 0 Å². The van der Waals surface area contributed by atoms with E-state index in [9.17, 15) is 0 Å². The smallest absolute Gasteiger partial charge is 0.168 e. The summed E-state index contributed by atoms with van der Waals surface area (Å²) in [5.74, 6) is 0.277. The summed E-state index contributed by atoms with van der Waals surface area (Å²) in [4.78, 5) is 3.70. The Morgan fingerprint density at radius 1 is 1.67 bits per heavy atom. The summed E-state index contributed by atoms with van der Waals surface area (Å²) in [7, 11) is 0. The minimum Gasteiger partial charge on any atom is -0.290 e. The molecule has 48 valence electrons. The largest absolute Gasteiger partial charge is 0.290 e. The maximum absolute atomic E-state index is 8.32. The van der Waals surface area contributed by atoms with Crippen LogP contribution in [0.1, 0.15) is 0 Å². The summed E-state index contributed by atoms with van der Waals surface area (Å²) in [6.45, 7) is 0. The molecule has 1 heterocycles. The van der Waals surface area contributed by atoms with Crippen molar-refractivity contribution in [2.45, 2.75) is 0 Å². The molecule has 0 aromatic carbocycles. The van der Waals surface area contributed by atoms with Crippen molar-refractivity contribution in [3.05, 3.63) is 23.4 Å². The van der Waals surface area contributed by atoms with Crippen LogP contribution < -0.4 is 5.48 Å². The fourth-order valence-electron chi connectivity index (χ4n) is 0.468. The molecule has 0 saturated carbocycles. The van der Waals surface area contributed by atoms with Crippen molar-refractivity contribution < 1.29 is 5.21 Å². The first-order valence-corrected chi connectivity index (χ1v) is 2.73. The fraction of sp³-hybridized carbons (Fsp3) is 0. The maximum atomic E-state index is 8.32. The van der Waals surface area contributed by atoms with Crippen molar-refractivity contribution >= 4 is 17.4 Å². The van der Waals surface area contributed by atoms with Crippen LogP contribution in [0.15, 0.2) is 18.3 Å². The van der Waals surface area contributed by atoms with Crippen LogP contribution in [-0.4, -0.2) is 10.2 Å². The Morgan fingerprint density at radius 2 is 2.44 bits per heavy atom. The van der Waals surface area contributed by atoms with E-state index in [0.29, 0.717) is 5.02 Å². The minimum atomic E-state index is 0.277. The number of anilines is 1. The molecule has 3 nitrogen and oxygen atoms in total. The van der Waals surface area contributed by atoms with Gasteiger partial charge in [0, 0.05) is 6.20 Å². The van der Waals surface area contributed by atoms with Gasteiger partial charge in [0.05, 0.1) is 5.02 Å². The third kappa shape index (κ3) is 1.31. The molecular formula is C5H5ClN2O. The molecule has 0 aliphatic heterocycles. The Morgan fingerprint density at radius 3 is 2.89 bits per heavy atom. The first-order valence-electron chi connectivity index (χ1n) is 2.35. The Balaban J connectivity index is 3.01. The monoisotopic (exact) mass is 144 g/mol. The number of nitrogens with zero attached hydrogens (tertiary/aromatic N) is 1. The van der Waals surface area contributed by atoms with Gasteiger partial charge in [0.2, 0.25) is 0 Å². The Labute approximate surface area is 57.3 Å². The molecule has 0 spiro atoms. The van der Waals surface area contributed by atoms with Crippen LogP contribution in [0.3, 0.4) is 0 Å². The topological polar surface area (TPSA) is 45.1 Å². The molecule has 1 aromatic rings. The average Bonchev–Trinajstić information content (AvgIpc) is 1.89. The number of halogens is 1. The van der Waals surface area contributed by atoms with E-state index in [1.807, 2.05) is 5.48 Å². The summed E-state index contributed by atoms with van der Waals surface area (Å²) in [6, 6.07) is 3.32. The van der Waals surface area contributed by atoms with Gasteiger partial charge in [-0.15, -0.1) is 0 Å². The van der Waals surface area contributed by atoms with Crippen LogP contribution in [0.4, 0.5) is 5.82 Å². The maximum Gasteiger partial charge on any atom is 0.168 e. The van der Waals surface area contributed by atoms with Crippen molar-refractivity contribution in [1.82, 2.24) is 4.98 Å². The van der Waals surface area contributed by atoms with Gasteiger partial charge in [0.15, 0.2) is 5.82 Å². The normalized spacial score (nSPS) is 9.11. The van der Waals surface area contributed by atoms with Crippen molar-refractivity contribution in [3.8, 4) is 0 Å². The molecule has 1 rings (SSSR count). The van der Waals surface area contributed by atoms with Gasteiger partial charge in [0.1, 0.15) is 0 Å². The van der Waals surface area contributed by atoms with Gasteiger partial charge in [-0.2, -0.15) is 0 Å². The van der Waals surface area contributed by atoms with Crippen LogP contribution in [0, 0.1) is 0 Å². The van der Waals surface area contributed by atoms with Crippen LogP contribution in [0.5, 0.6) is 0 Å². The molecular weight excluding hydrogens is 140 g/mol. The second kappa shape index (κ2) is 2.66. The minimum absolute atomic E-state index is 0.277. The first kappa shape index (κ1) is 6.32. The highest BCUT2D eigenvalue weighted by Gasteiger charge is 1.94. The number of pyridine rings is 1. The highest BCUT2D eigenvalue weighted by atomic mass is 35.5. The molecule has 0 amide bonds. The van der Waals surface area contributed by atoms with Crippen LogP contribution in [0.25, 0.3) is 0 Å². The second-order valence-corrected chi connectivity index (χ2v) is 1.85. The molecule has 0 aliphatic carbocycles. The van der Waals surface area contributed by atoms with Crippen LogP contribution in [-0.2, 0) is 0 Å². The van der Waals surface area contributed by atoms with Gasteiger partial charge in [-0.05, 0) is 12.1 Å². The van der Waals surface area contributed by atoms with E-state index in [1.165, 1.54) is 6.20 Å². The van der Waals surface area contributed by atoms with Crippen molar-refractivity contribution in [2.75, 3.05) is 5.48 Å². The van der Waals surface area contributed by atoms with Crippen molar-refractivity contribution in [3.63, 3.8) is 0 Å². The van der Waals surface area contributed by atoms with Crippen molar-refractivity contribution in [2.24, 2.45) is 0 Å². The lowest BCUT2D eigenvalue weighted by Crippen LogP contribution is -1.91. The SMILES string of the molecule is ONc1ncccc1Cl. The molecule has 0 unspecified atom stereocenters. The van der Waals surface area contributed by atoms with Gasteiger partial charge < -0.3 is 0 Å². The van der Waals surface area contributed by atoms with E-state index in [1.54, 1.807) is 12.1 Å². The lowest BCUT2D eigenvalue weighted by Gasteiger charge is -1.96. The zero-order valence-electron chi connectivity index (χ0n) is 4.50. The highest BCUT2D eigenvalue weighted by molar-refractivity contribution is 6.32. The van der Waals surface area contributed by atoms with E-state index < -0.39 is 0 Å². The molecule has 0 radical (unpaired) electrons. The molecule has 9 heavy (non-hydrogen) atoms. The summed E-state index contributed by atoms with van der Waals surface area (Å²) < 4.78 is 0. The van der Waals surface area contributed by atoms with Gasteiger partial charge in [0.25, 0.3) is 0 Å². The Hall–Kier alpha value is -0.800. The average molecular weight is 145 g/mol. The van der Waals surface area contributed by atoms with Crippen LogP contribution in [0.2, 0.25) is 5.02 Å². The fourth-order valence-corrected chi connectivity index (χ4v) is 0.632. The lowest BCUT2D eigenvalue weighted by molar-refractivity contribution is 0.386. The van der Waals surface area contributed by atoms with Crippen LogP contribution >= 0.6 is 11.6 Å². The number of hydrogen-bond acceptors (Lipinski definition) is 3. The number of rotatable bonds is 1. The predicted molar refractivity (Wildman–Crippen MR) is 34.7 cm³/mol. The summed E-state index contributed by atoms with van der Waals surface area (Å²) >= 11 is 5.54. The third-order valence-electron chi connectivity index (χ3n) is 0.864. The highest BCUT2D eigenvalue weighted by Crippen LogP contribution is 2.15. The standard InChI is InChI=1S/C5H5ClN2O/c6-4-2-1-3-7-5(4)8-9/h1-3,9H,(H,7,8). The number of hydrogen-bond donors (Lipinski definition) is 2. The predicted octanol–water partition coefficient (Wildman–Crippen LogP) is 1.54. The van der Waals surface area contributed by atoms with Gasteiger partial charge in [-0.25, -0.2) is 4.98 Å². The molecule has 2 N–H and O–H groups in total. The van der Waals surface area contributed by atoms with Gasteiger partial charge >= 0.3 is 0 Å². The molecule has 0 atom stereocenters. The summed E-state index contributed by atoms with van der Waals surface area (Å²) in [5, 5.41) is 8.72. The van der Waals surface area contributed by atoms with E-state index >= 15 is 0 Å². The second-order valence-electron chi connectivity index (χ2n) is 1.45. The molecule has 0 saturated heterocycles. The first-order chi connectivity index (χ1) is 4.34.